The number of hydrogen-bond acceptors (Lipinski definition) is 3. The van der Waals surface area contributed by atoms with Crippen LogP contribution in [0.3, 0.4) is 0 Å². The molecule has 5 heteroatoms. The molecular weight excluding hydrogens is 204 g/mol. The number of carbonyl (C=O) groups is 1. The van der Waals surface area contributed by atoms with Gasteiger partial charge in [-0.25, -0.2) is 0 Å². The van der Waals surface area contributed by atoms with E-state index in [2.05, 4.69) is 20.8 Å². The second-order valence-corrected chi connectivity index (χ2v) is 4.08. The van der Waals surface area contributed by atoms with Gasteiger partial charge in [0.05, 0.1) is 17.5 Å². The number of rotatable bonds is 3. The van der Waals surface area contributed by atoms with E-state index in [1.807, 2.05) is 6.92 Å². The number of H-pyrrole nitrogens is 1. The fraction of sp³-hybridized carbons (Fsp3) is 0.636. The minimum Gasteiger partial charge on any atom is -0.352 e. The molecule has 1 aliphatic rings. The molecule has 2 rings (SSSR count). The number of piperidine rings is 1. The quantitative estimate of drug-likeness (QED) is 0.702. The van der Waals surface area contributed by atoms with Crippen molar-refractivity contribution >= 4 is 5.91 Å². The molecule has 0 spiro atoms. The average molecular weight is 222 g/mol. The highest BCUT2D eigenvalue weighted by molar-refractivity contribution is 5.95. The Labute approximate surface area is 95.0 Å². The van der Waals surface area contributed by atoms with Crippen LogP contribution in [0.15, 0.2) is 6.20 Å². The zero-order valence-corrected chi connectivity index (χ0v) is 9.55. The maximum Gasteiger partial charge on any atom is 0.254 e. The topological polar surface area (TPSA) is 69.8 Å². The van der Waals surface area contributed by atoms with Gasteiger partial charge in [0.25, 0.3) is 5.91 Å². The number of carbonyl (C=O) groups excluding carboxylic acids is 1. The molecule has 0 radical (unpaired) electrons. The summed E-state index contributed by atoms with van der Waals surface area (Å²) in [5.74, 6) is 0.408. The van der Waals surface area contributed by atoms with Gasteiger partial charge in [-0.05, 0) is 32.9 Å². The molecule has 2 heterocycles. The molecule has 0 aromatic carbocycles. The van der Waals surface area contributed by atoms with Crippen molar-refractivity contribution in [2.75, 3.05) is 19.6 Å². The van der Waals surface area contributed by atoms with Gasteiger partial charge in [0.2, 0.25) is 0 Å². The molecule has 0 atom stereocenters. The van der Waals surface area contributed by atoms with Gasteiger partial charge < -0.3 is 10.6 Å². The summed E-state index contributed by atoms with van der Waals surface area (Å²) < 4.78 is 0. The summed E-state index contributed by atoms with van der Waals surface area (Å²) in [5, 5.41) is 13.1. The molecule has 1 aromatic rings. The zero-order valence-electron chi connectivity index (χ0n) is 9.55. The first-order valence-corrected chi connectivity index (χ1v) is 5.85. The molecule has 1 aliphatic heterocycles. The molecule has 1 amide bonds. The maximum absolute atomic E-state index is 11.8. The summed E-state index contributed by atoms with van der Waals surface area (Å²) in [4.78, 5) is 11.8. The van der Waals surface area contributed by atoms with Crippen LogP contribution in [0.2, 0.25) is 0 Å². The lowest BCUT2D eigenvalue weighted by atomic mass is 9.92. The maximum atomic E-state index is 11.8. The van der Waals surface area contributed by atoms with E-state index in [1.165, 1.54) is 0 Å². The van der Waals surface area contributed by atoms with E-state index >= 15 is 0 Å². The third kappa shape index (κ3) is 2.24. The predicted octanol–water partition coefficient (Wildman–Crippen LogP) is 0.626. The van der Waals surface area contributed by atoms with Crippen LogP contribution < -0.4 is 10.6 Å². The molecule has 1 fully saturated rings. The van der Waals surface area contributed by atoms with Crippen LogP contribution in [-0.2, 0) is 0 Å². The molecule has 16 heavy (non-hydrogen) atoms. The zero-order chi connectivity index (χ0) is 11.4. The van der Waals surface area contributed by atoms with Gasteiger partial charge in [0, 0.05) is 12.5 Å². The van der Waals surface area contributed by atoms with Crippen molar-refractivity contribution in [2.45, 2.75) is 25.7 Å². The van der Waals surface area contributed by atoms with Crippen LogP contribution in [0, 0.1) is 0 Å². The van der Waals surface area contributed by atoms with Gasteiger partial charge in [-0.1, -0.05) is 0 Å². The van der Waals surface area contributed by atoms with E-state index in [4.69, 9.17) is 0 Å². The number of aromatic nitrogens is 2. The minimum absolute atomic E-state index is 0.0233. The standard InChI is InChI=1S/C11H18N4O/c1-2-13-11(16)9-7-14-15-10(9)8-3-5-12-6-4-8/h7-8,12H,2-6H2,1H3,(H,13,16)(H,14,15). The largest absolute Gasteiger partial charge is 0.352 e. The highest BCUT2D eigenvalue weighted by Gasteiger charge is 2.22. The Morgan fingerprint density at radius 2 is 2.31 bits per heavy atom. The van der Waals surface area contributed by atoms with Gasteiger partial charge in [-0.3, -0.25) is 9.89 Å². The van der Waals surface area contributed by atoms with Crippen LogP contribution in [0.5, 0.6) is 0 Å². The third-order valence-electron chi connectivity index (χ3n) is 3.00. The van der Waals surface area contributed by atoms with Crippen molar-refractivity contribution in [3.05, 3.63) is 17.5 Å². The summed E-state index contributed by atoms with van der Waals surface area (Å²) >= 11 is 0. The minimum atomic E-state index is -0.0233. The van der Waals surface area contributed by atoms with E-state index in [-0.39, 0.29) is 5.91 Å². The van der Waals surface area contributed by atoms with Gasteiger partial charge in [-0.2, -0.15) is 5.10 Å². The monoisotopic (exact) mass is 222 g/mol. The Balaban J connectivity index is 2.14. The molecule has 1 aromatic heterocycles. The molecule has 0 saturated carbocycles. The molecule has 0 unspecified atom stereocenters. The van der Waals surface area contributed by atoms with Crippen LogP contribution in [-0.4, -0.2) is 35.7 Å². The second kappa shape index (κ2) is 5.12. The van der Waals surface area contributed by atoms with E-state index in [1.54, 1.807) is 6.20 Å². The summed E-state index contributed by atoms with van der Waals surface area (Å²) in [7, 11) is 0. The molecule has 0 aliphatic carbocycles. The van der Waals surface area contributed by atoms with Crippen molar-refractivity contribution in [1.82, 2.24) is 20.8 Å². The number of amides is 1. The van der Waals surface area contributed by atoms with Crippen LogP contribution in [0.1, 0.15) is 41.7 Å². The van der Waals surface area contributed by atoms with Crippen molar-refractivity contribution in [3.63, 3.8) is 0 Å². The van der Waals surface area contributed by atoms with Crippen molar-refractivity contribution < 1.29 is 4.79 Å². The van der Waals surface area contributed by atoms with Crippen LogP contribution in [0.25, 0.3) is 0 Å². The van der Waals surface area contributed by atoms with Crippen molar-refractivity contribution in [1.29, 1.82) is 0 Å². The van der Waals surface area contributed by atoms with Crippen LogP contribution >= 0.6 is 0 Å². The average Bonchev–Trinajstić information content (AvgIpc) is 2.79. The van der Waals surface area contributed by atoms with Gasteiger partial charge in [-0.15, -0.1) is 0 Å². The second-order valence-electron chi connectivity index (χ2n) is 4.08. The normalized spacial score (nSPS) is 17.3. The first-order chi connectivity index (χ1) is 7.83. The molecule has 3 N–H and O–H groups in total. The fourth-order valence-electron chi connectivity index (χ4n) is 2.15. The van der Waals surface area contributed by atoms with E-state index < -0.39 is 0 Å². The highest BCUT2D eigenvalue weighted by atomic mass is 16.1. The number of hydrogen-bond donors (Lipinski definition) is 3. The van der Waals surface area contributed by atoms with Gasteiger partial charge >= 0.3 is 0 Å². The first kappa shape index (κ1) is 11.1. The number of nitrogens with zero attached hydrogens (tertiary/aromatic N) is 1. The van der Waals surface area contributed by atoms with Gasteiger partial charge in [0.15, 0.2) is 0 Å². The van der Waals surface area contributed by atoms with Crippen molar-refractivity contribution in [3.8, 4) is 0 Å². The first-order valence-electron chi connectivity index (χ1n) is 5.85. The summed E-state index contributed by atoms with van der Waals surface area (Å²) in [6.07, 6.45) is 3.76. The Morgan fingerprint density at radius 3 is 3.00 bits per heavy atom. The third-order valence-corrected chi connectivity index (χ3v) is 3.00. The van der Waals surface area contributed by atoms with Crippen molar-refractivity contribution in [2.24, 2.45) is 0 Å². The Kier molecular flexibility index (Phi) is 3.56. The molecule has 88 valence electrons. The number of nitrogens with one attached hydrogen (secondary N) is 3. The predicted molar refractivity (Wildman–Crippen MR) is 61.4 cm³/mol. The fourth-order valence-corrected chi connectivity index (χ4v) is 2.15. The summed E-state index contributed by atoms with van der Waals surface area (Å²) in [5.41, 5.74) is 1.70. The number of aromatic amines is 1. The molecular formula is C11H18N4O. The molecule has 0 bridgehead atoms. The van der Waals surface area contributed by atoms with E-state index in [0.29, 0.717) is 18.0 Å². The Morgan fingerprint density at radius 1 is 1.56 bits per heavy atom. The Bertz CT molecular complexity index is 355. The summed E-state index contributed by atoms with van der Waals surface area (Å²) in [6.45, 7) is 4.59. The van der Waals surface area contributed by atoms with E-state index in [9.17, 15) is 4.79 Å². The lowest BCUT2D eigenvalue weighted by Gasteiger charge is -2.22. The Hall–Kier alpha value is -1.36. The smallest absolute Gasteiger partial charge is 0.254 e. The SMILES string of the molecule is CCNC(=O)c1cn[nH]c1C1CCNCC1. The molecule has 1 saturated heterocycles. The highest BCUT2D eigenvalue weighted by Crippen LogP contribution is 2.25. The van der Waals surface area contributed by atoms with Gasteiger partial charge in [0.1, 0.15) is 0 Å². The lowest BCUT2D eigenvalue weighted by molar-refractivity contribution is 0.0954. The molecule has 5 nitrogen and oxygen atoms in total. The lowest BCUT2D eigenvalue weighted by Crippen LogP contribution is -2.29. The van der Waals surface area contributed by atoms with E-state index in [0.717, 1.165) is 31.6 Å². The summed E-state index contributed by atoms with van der Waals surface area (Å²) in [6, 6.07) is 0. The van der Waals surface area contributed by atoms with Crippen LogP contribution in [0.4, 0.5) is 0 Å².